The highest BCUT2D eigenvalue weighted by atomic mass is 32.2. The number of furan rings is 1. The molecule has 0 spiro atoms. The molecule has 3 rings (SSSR count). The maximum Gasteiger partial charge on any atom is 0.269 e. The summed E-state index contributed by atoms with van der Waals surface area (Å²) in [7, 11) is -3.17. The van der Waals surface area contributed by atoms with Crippen LogP contribution in [0.2, 0.25) is 0 Å². The average molecular weight is 364 g/mol. The Bertz CT molecular complexity index is 874. The van der Waals surface area contributed by atoms with Crippen molar-refractivity contribution in [1.82, 2.24) is 4.90 Å². The Morgan fingerprint density at radius 3 is 2.52 bits per heavy atom. The van der Waals surface area contributed by atoms with E-state index in [1.807, 2.05) is 0 Å². The summed E-state index contributed by atoms with van der Waals surface area (Å²) >= 11 is 0. The van der Waals surface area contributed by atoms with Crippen molar-refractivity contribution in [2.24, 2.45) is 0 Å². The van der Waals surface area contributed by atoms with Crippen molar-refractivity contribution in [3.8, 4) is 0 Å². The summed E-state index contributed by atoms with van der Waals surface area (Å²) < 4.78 is 28.9. The second kappa shape index (κ2) is 6.67. The van der Waals surface area contributed by atoms with Gasteiger partial charge >= 0.3 is 0 Å². The predicted octanol–water partition coefficient (Wildman–Crippen LogP) is 2.02. The lowest BCUT2D eigenvalue weighted by molar-refractivity contribution is -0.384. The van der Waals surface area contributed by atoms with Gasteiger partial charge in [-0.3, -0.25) is 14.9 Å². The van der Waals surface area contributed by atoms with Crippen molar-refractivity contribution in [3.05, 3.63) is 64.1 Å². The molecule has 0 N–H and O–H groups in total. The van der Waals surface area contributed by atoms with E-state index >= 15 is 0 Å². The number of carbonyl (C=O) groups is 1. The first-order valence-electron chi connectivity index (χ1n) is 7.64. The number of non-ortho nitro benzene ring substituents is 1. The van der Waals surface area contributed by atoms with E-state index in [4.69, 9.17) is 4.42 Å². The van der Waals surface area contributed by atoms with Crippen LogP contribution in [0, 0.1) is 10.1 Å². The third kappa shape index (κ3) is 3.87. The van der Waals surface area contributed by atoms with Crippen LogP contribution in [0.5, 0.6) is 0 Å². The third-order valence-electron chi connectivity index (χ3n) is 4.14. The number of hydrogen-bond donors (Lipinski definition) is 0. The molecular formula is C16H16N2O6S. The van der Waals surface area contributed by atoms with Crippen LogP contribution in [0.15, 0.2) is 47.1 Å². The Morgan fingerprint density at radius 2 is 2.00 bits per heavy atom. The number of nitrogens with zero attached hydrogens (tertiary/aromatic N) is 2. The van der Waals surface area contributed by atoms with Gasteiger partial charge in [0.05, 0.1) is 29.2 Å². The quantitative estimate of drug-likeness (QED) is 0.593. The predicted molar refractivity (Wildman–Crippen MR) is 88.7 cm³/mol. The van der Waals surface area contributed by atoms with Crippen molar-refractivity contribution in [1.29, 1.82) is 0 Å². The van der Waals surface area contributed by atoms with E-state index in [0.717, 1.165) is 0 Å². The van der Waals surface area contributed by atoms with Crippen molar-refractivity contribution < 1.29 is 22.6 Å². The molecule has 1 atom stereocenters. The minimum absolute atomic E-state index is 0.0415. The summed E-state index contributed by atoms with van der Waals surface area (Å²) in [6.45, 7) is 0.142. The second-order valence-electron chi connectivity index (χ2n) is 5.87. The summed E-state index contributed by atoms with van der Waals surface area (Å²) in [5.41, 5.74) is 0.152. The van der Waals surface area contributed by atoms with Crippen LogP contribution in [0.3, 0.4) is 0 Å². The van der Waals surface area contributed by atoms with Gasteiger partial charge in [0.25, 0.3) is 11.6 Å². The van der Waals surface area contributed by atoms with Crippen molar-refractivity contribution in [2.45, 2.75) is 19.0 Å². The lowest BCUT2D eigenvalue weighted by Crippen LogP contribution is -2.40. The summed E-state index contributed by atoms with van der Waals surface area (Å²) in [4.78, 5) is 24.5. The van der Waals surface area contributed by atoms with Gasteiger partial charge in [0.2, 0.25) is 0 Å². The van der Waals surface area contributed by atoms with Gasteiger partial charge in [-0.05, 0) is 30.7 Å². The molecular weight excluding hydrogens is 348 g/mol. The van der Waals surface area contributed by atoms with Gasteiger partial charge in [0.15, 0.2) is 9.84 Å². The van der Waals surface area contributed by atoms with Crippen LogP contribution in [0.25, 0.3) is 0 Å². The monoisotopic (exact) mass is 364 g/mol. The number of hydrogen-bond acceptors (Lipinski definition) is 6. The van der Waals surface area contributed by atoms with E-state index in [0.29, 0.717) is 12.2 Å². The van der Waals surface area contributed by atoms with Gasteiger partial charge in [-0.15, -0.1) is 0 Å². The molecule has 1 aromatic carbocycles. The van der Waals surface area contributed by atoms with E-state index in [2.05, 4.69) is 0 Å². The van der Waals surface area contributed by atoms with E-state index in [9.17, 15) is 23.3 Å². The Hall–Kier alpha value is -2.68. The largest absolute Gasteiger partial charge is 0.467 e. The van der Waals surface area contributed by atoms with E-state index in [-0.39, 0.29) is 35.2 Å². The van der Waals surface area contributed by atoms with Crippen molar-refractivity contribution >= 4 is 21.4 Å². The SMILES string of the molecule is O=C(c1ccc([N+](=O)[O-])cc1)N(Cc1ccco1)C1CCS(=O)(=O)C1. The zero-order valence-corrected chi connectivity index (χ0v) is 14.0. The number of sulfone groups is 1. The normalized spacial score (nSPS) is 18.8. The standard InChI is InChI=1S/C16H16N2O6S/c19-16(12-3-5-13(6-4-12)18(20)21)17(10-15-2-1-8-24-15)14-7-9-25(22,23)11-14/h1-6,8,14H,7,9-11H2. The highest BCUT2D eigenvalue weighted by Gasteiger charge is 2.35. The molecule has 1 aromatic heterocycles. The van der Waals surface area contributed by atoms with Crippen molar-refractivity contribution in [3.63, 3.8) is 0 Å². The molecule has 0 bridgehead atoms. The molecule has 1 fully saturated rings. The molecule has 0 radical (unpaired) electrons. The van der Waals surface area contributed by atoms with Crippen LogP contribution in [0.4, 0.5) is 5.69 Å². The zero-order chi connectivity index (χ0) is 18.0. The minimum Gasteiger partial charge on any atom is -0.467 e. The fraction of sp³-hybridized carbons (Fsp3) is 0.312. The van der Waals surface area contributed by atoms with Gasteiger partial charge in [0.1, 0.15) is 5.76 Å². The van der Waals surface area contributed by atoms with Crippen LogP contribution < -0.4 is 0 Å². The Kier molecular flexibility index (Phi) is 4.58. The lowest BCUT2D eigenvalue weighted by atomic mass is 10.1. The highest BCUT2D eigenvalue weighted by molar-refractivity contribution is 7.91. The second-order valence-corrected chi connectivity index (χ2v) is 8.10. The smallest absolute Gasteiger partial charge is 0.269 e. The van der Waals surface area contributed by atoms with Gasteiger partial charge in [-0.2, -0.15) is 0 Å². The molecule has 1 unspecified atom stereocenters. The number of nitro benzene ring substituents is 1. The fourth-order valence-corrected chi connectivity index (χ4v) is 4.58. The summed E-state index contributed by atoms with van der Waals surface area (Å²) in [6, 6.07) is 8.21. The van der Waals surface area contributed by atoms with Gasteiger partial charge in [0, 0.05) is 23.7 Å². The zero-order valence-electron chi connectivity index (χ0n) is 13.2. The topological polar surface area (TPSA) is 111 Å². The van der Waals surface area contributed by atoms with Gasteiger partial charge < -0.3 is 9.32 Å². The molecule has 1 aliphatic rings. The molecule has 25 heavy (non-hydrogen) atoms. The molecule has 2 heterocycles. The van der Waals surface area contributed by atoms with E-state index in [1.54, 1.807) is 12.1 Å². The molecule has 0 aliphatic carbocycles. The third-order valence-corrected chi connectivity index (χ3v) is 5.89. The fourth-order valence-electron chi connectivity index (χ4n) is 2.85. The first-order chi connectivity index (χ1) is 11.9. The minimum atomic E-state index is -3.17. The molecule has 1 saturated heterocycles. The Balaban J connectivity index is 1.87. The maximum atomic E-state index is 12.9. The van der Waals surface area contributed by atoms with E-state index in [1.165, 1.54) is 35.4 Å². The number of benzene rings is 1. The molecule has 2 aromatic rings. The molecule has 0 saturated carbocycles. The molecule has 8 nitrogen and oxygen atoms in total. The van der Waals surface area contributed by atoms with Gasteiger partial charge in [-0.1, -0.05) is 0 Å². The Labute approximate surface area is 144 Å². The lowest BCUT2D eigenvalue weighted by Gasteiger charge is -2.27. The Morgan fingerprint density at radius 1 is 1.28 bits per heavy atom. The van der Waals surface area contributed by atoms with Gasteiger partial charge in [-0.25, -0.2) is 8.42 Å². The number of carbonyl (C=O) groups excluding carboxylic acids is 1. The number of amides is 1. The highest BCUT2D eigenvalue weighted by Crippen LogP contribution is 2.23. The van der Waals surface area contributed by atoms with Crippen LogP contribution in [-0.2, 0) is 16.4 Å². The van der Waals surface area contributed by atoms with E-state index < -0.39 is 20.8 Å². The number of rotatable bonds is 5. The van der Waals surface area contributed by atoms with Crippen LogP contribution >= 0.6 is 0 Å². The summed E-state index contributed by atoms with van der Waals surface area (Å²) in [5.74, 6) is 0.111. The maximum absolute atomic E-state index is 12.9. The average Bonchev–Trinajstić information content (AvgIpc) is 3.21. The summed E-state index contributed by atoms with van der Waals surface area (Å²) in [6.07, 6.45) is 1.84. The molecule has 132 valence electrons. The molecule has 9 heteroatoms. The molecule has 1 aliphatic heterocycles. The summed E-state index contributed by atoms with van der Waals surface area (Å²) in [5, 5.41) is 10.7. The first kappa shape index (κ1) is 17.2. The van der Waals surface area contributed by atoms with Crippen LogP contribution in [-0.4, -0.2) is 41.7 Å². The van der Waals surface area contributed by atoms with Crippen LogP contribution in [0.1, 0.15) is 22.5 Å². The number of nitro groups is 1. The first-order valence-corrected chi connectivity index (χ1v) is 9.46. The van der Waals surface area contributed by atoms with Crippen molar-refractivity contribution in [2.75, 3.05) is 11.5 Å². The molecule has 1 amide bonds.